The molecule has 9 atom stereocenters. The molecule has 0 bridgehead atoms. The zero-order valence-electron chi connectivity index (χ0n) is 17.0. The van der Waals surface area contributed by atoms with Gasteiger partial charge in [-0.25, -0.2) is 4.39 Å². The van der Waals surface area contributed by atoms with Crippen LogP contribution in [-0.4, -0.2) is 41.2 Å². The lowest BCUT2D eigenvalue weighted by Crippen LogP contribution is -2.59. The van der Waals surface area contributed by atoms with Gasteiger partial charge in [0.05, 0.1) is 23.3 Å². The highest BCUT2D eigenvalue weighted by Gasteiger charge is 2.68. The topological polar surface area (TPSA) is 55.8 Å². The highest BCUT2D eigenvalue weighted by molar-refractivity contribution is 6.43. The summed E-state index contributed by atoms with van der Waals surface area (Å²) in [6.07, 6.45) is 0.801. The van der Waals surface area contributed by atoms with Gasteiger partial charge in [-0.15, -0.1) is 0 Å². The molecule has 1 N–H and O–H groups in total. The third-order valence-corrected chi connectivity index (χ3v) is 9.12. The maximum atomic E-state index is 15.4. The minimum absolute atomic E-state index is 0.00437. The number of aliphatic hydroxyl groups excluding tert-OH is 1. The number of carbonyl (C=O) groups is 1. The summed E-state index contributed by atoms with van der Waals surface area (Å²) in [5.41, 5.74) is -0.349. The van der Waals surface area contributed by atoms with E-state index in [1.807, 2.05) is 20.8 Å². The number of halogens is 2. The van der Waals surface area contributed by atoms with Gasteiger partial charge in [-0.2, -0.15) is 0 Å². The van der Waals surface area contributed by atoms with Crippen LogP contribution in [-0.2, 0) is 14.3 Å². The predicted molar refractivity (Wildman–Crippen MR) is 102 cm³/mol. The van der Waals surface area contributed by atoms with E-state index in [1.165, 1.54) is 0 Å². The van der Waals surface area contributed by atoms with Crippen LogP contribution in [0.15, 0.2) is 10.6 Å². The summed E-state index contributed by atoms with van der Waals surface area (Å²) < 4.78 is 27.9. The molecule has 4 aliphatic carbocycles. The number of ether oxygens (including phenoxy) is 2. The number of hydrogen-bond acceptors (Lipinski definition) is 4. The van der Waals surface area contributed by atoms with E-state index < -0.39 is 23.5 Å². The van der Waals surface area contributed by atoms with E-state index in [2.05, 4.69) is 6.92 Å². The molecule has 1 aliphatic heterocycles. The lowest BCUT2D eigenvalue weighted by molar-refractivity contribution is -0.201. The van der Waals surface area contributed by atoms with Gasteiger partial charge < -0.3 is 14.6 Å². The van der Waals surface area contributed by atoms with Crippen molar-refractivity contribution >= 4 is 17.4 Å². The van der Waals surface area contributed by atoms with Crippen molar-refractivity contribution in [2.75, 3.05) is 0 Å². The SMILES string of the molecule is CC1(C)O[C@@H]2[C@@H](C[C@H]3[C@@H]4C[C@H](F)C5=C(Cl)C(=O)CC[C@]5(C)[C@H]4[C@@H](O)C[C@]23C)O1. The minimum Gasteiger partial charge on any atom is -0.393 e. The highest BCUT2D eigenvalue weighted by atomic mass is 35.5. The third kappa shape index (κ3) is 2.36. The molecule has 0 radical (unpaired) electrons. The van der Waals surface area contributed by atoms with Crippen LogP contribution >= 0.6 is 11.6 Å². The van der Waals surface area contributed by atoms with Crippen molar-refractivity contribution in [2.45, 2.75) is 90.1 Å². The lowest BCUT2D eigenvalue weighted by atomic mass is 9.46. The smallest absolute Gasteiger partial charge is 0.174 e. The number of fused-ring (bicyclic) bond motifs is 7. The predicted octanol–water partition coefficient (Wildman–Crippen LogP) is 4.13. The molecular formula is C22H30ClFO4. The van der Waals surface area contributed by atoms with Gasteiger partial charge >= 0.3 is 0 Å². The van der Waals surface area contributed by atoms with Gasteiger partial charge in [0.25, 0.3) is 0 Å². The Hall–Kier alpha value is -0.490. The number of carbonyl (C=O) groups excluding carboxylic acids is 1. The van der Waals surface area contributed by atoms with Gasteiger partial charge in [-0.05, 0) is 68.3 Å². The Balaban J connectivity index is 1.56. The molecule has 1 saturated heterocycles. The van der Waals surface area contributed by atoms with Crippen LogP contribution in [0.4, 0.5) is 4.39 Å². The molecule has 4 fully saturated rings. The van der Waals surface area contributed by atoms with Crippen molar-refractivity contribution in [1.29, 1.82) is 0 Å². The van der Waals surface area contributed by atoms with E-state index in [9.17, 15) is 9.90 Å². The minimum atomic E-state index is -1.23. The Labute approximate surface area is 170 Å². The average molecular weight is 413 g/mol. The van der Waals surface area contributed by atoms with Crippen LogP contribution in [0.1, 0.15) is 59.8 Å². The number of rotatable bonds is 0. The molecule has 28 heavy (non-hydrogen) atoms. The van der Waals surface area contributed by atoms with Crippen molar-refractivity contribution in [3.63, 3.8) is 0 Å². The number of allylic oxidation sites excluding steroid dienone is 1. The van der Waals surface area contributed by atoms with Crippen molar-refractivity contribution in [3.05, 3.63) is 10.6 Å². The largest absolute Gasteiger partial charge is 0.393 e. The van der Waals surface area contributed by atoms with E-state index in [0.29, 0.717) is 31.3 Å². The van der Waals surface area contributed by atoms with Gasteiger partial charge in [0, 0.05) is 11.8 Å². The van der Waals surface area contributed by atoms with Crippen molar-refractivity contribution in [2.24, 2.45) is 28.6 Å². The summed E-state index contributed by atoms with van der Waals surface area (Å²) in [5.74, 6) is -0.582. The molecule has 0 aromatic heterocycles. The zero-order valence-corrected chi connectivity index (χ0v) is 17.8. The van der Waals surface area contributed by atoms with Crippen molar-refractivity contribution in [1.82, 2.24) is 0 Å². The molecule has 3 saturated carbocycles. The number of Topliss-reactive ketones (excluding diaryl/α,β-unsaturated/α-hetero) is 1. The van der Waals surface area contributed by atoms with Crippen LogP contribution in [0, 0.1) is 28.6 Å². The molecule has 6 heteroatoms. The first-order valence-corrected chi connectivity index (χ1v) is 11.0. The van der Waals surface area contributed by atoms with E-state index in [4.69, 9.17) is 21.1 Å². The molecule has 0 unspecified atom stereocenters. The number of alkyl halides is 1. The fraction of sp³-hybridized carbons (Fsp3) is 0.864. The van der Waals surface area contributed by atoms with Gasteiger partial charge in [-0.1, -0.05) is 25.4 Å². The van der Waals surface area contributed by atoms with Crippen LogP contribution in [0.5, 0.6) is 0 Å². The molecule has 1 heterocycles. The summed E-state index contributed by atoms with van der Waals surface area (Å²) >= 11 is 6.32. The molecule has 0 aromatic carbocycles. The molecule has 5 aliphatic rings. The average Bonchev–Trinajstić information content (AvgIpc) is 3.02. The molecule has 156 valence electrons. The molecular weight excluding hydrogens is 383 g/mol. The summed E-state index contributed by atoms with van der Waals surface area (Å²) in [6.45, 7) is 8.06. The van der Waals surface area contributed by atoms with E-state index >= 15 is 4.39 Å². The molecule has 4 nitrogen and oxygen atoms in total. The molecule has 0 aromatic rings. The van der Waals surface area contributed by atoms with E-state index in [-0.39, 0.29) is 46.2 Å². The molecule has 0 spiro atoms. The Bertz CT molecular complexity index is 766. The Morgan fingerprint density at radius 2 is 1.89 bits per heavy atom. The van der Waals surface area contributed by atoms with E-state index in [0.717, 1.165) is 6.42 Å². The van der Waals surface area contributed by atoms with Gasteiger partial charge in [0.1, 0.15) is 6.17 Å². The monoisotopic (exact) mass is 412 g/mol. The first kappa shape index (κ1) is 19.5. The highest BCUT2D eigenvalue weighted by Crippen LogP contribution is 2.68. The maximum Gasteiger partial charge on any atom is 0.174 e. The first-order valence-electron chi connectivity index (χ1n) is 10.6. The summed E-state index contributed by atoms with van der Waals surface area (Å²) in [6, 6.07) is 0. The van der Waals surface area contributed by atoms with Gasteiger partial charge in [0.15, 0.2) is 11.6 Å². The quantitative estimate of drug-likeness (QED) is 0.649. The second-order valence-electron chi connectivity index (χ2n) is 10.7. The molecule has 5 rings (SSSR count). The normalized spacial score (nSPS) is 54.8. The van der Waals surface area contributed by atoms with Gasteiger partial charge in [0.2, 0.25) is 0 Å². The third-order valence-electron chi connectivity index (χ3n) is 8.70. The standard InChI is InChI=1S/C22H30ClFO4/c1-20(2)27-15-8-11-10-7-12(24)17-18(23)13(25)5-6-21(17,3)16(10)14(26)9-22(11,4)19(15)28-20/h10-12,14-16,19,26H,5-9H2,1-4H3/t10-,11-,12-,14-,15+,16+,19+,21+,22-/m0/s1. The van der Waals surface area contributed by atoms with Crippen LogP contribution in [0.25, 0.3) is 0 Å². The second-order valence-corrected chi connectivity index (χ2v) is 11.1. The Morgan fingerprint density at radius 3 is 2.61 bits per heavy atom. The fourth-order valence-corrected chi connectivity index (χ4v) is 8.20. The zero-order chi connectivity index (χ0) is 20.2. The Kier molecular flexibility index (Phi) is 4.04. The van der Waals surface area contributed by atoms with Crippen molar-refractivity contribution < 1.29 is 23.8 Å². The number of ketones is 1. The lowest BCUT2D eigenvalue weighted by Gasteiger charge is -2.60. The molecule has 0 amide bonds. The van der Waals surface area contributed by atoms with Crippen molar-refractivity contribution in [3.8, 4) is 0 Å². The second kappa shape index (κ2) is 5.81. The van der Waals surface area contributed by atoms with E-state index in [1.54, 1.807) is 0 Å². The Morgan fingerprint density at radius 1 is 1.18 bits per heavy atom. The van der Waals surface area contributed by atoms with Crippen LogP contribution < -0.4 is 0 Å². The number of aliphatic hydroxyl groups is 1. The summed E-state index contributed by atoms with van der Waals surface area (Å²) in [4.78, 5) is 12.2. The van der Waals surface area contributed by atoms with Gasteiger partial charge in [-0.3, -0.25) is 4.79 Å². The number of hydrogen-bond donors (Lipinski definition) is 1. The maximum absolute atomic E-state index is 15.4. The summed E-state index contributed by atoms with van der Waals surface area (Å²) in [5, 5.41) is 11.4. The summed E-state index contributed by atoms with van der Waals surface area (Å²) in [7, 11) is 0. The van der Waals surface area contributed by atoms with Crippen LogP contribution in [0.2, 0.25) is 0 Å². The fourth-order valence-electron chi connectivity index (χ4n) is 7.77. The van der Waals surface area contributed by atoms with Crippen LogP contribution in [0.3, 0.4) is 0 Å². The first-order chi connectivity index (χ1) is 13.0.